The number of aromatic amines is 1. The number of hydrogen-bond acceptors (Lipinski definition) is 7. The third kappa shape index (κ3) is 7.99. The van der Waals surface area contributed by atoms with E-state index in [-0.39, 0.29) is 35.4 Å². The van der Waals surface area contributed by atoms with Crippen LogP contribution in [0.5, 0.6) is 5.75 Å². The Balaban J connectivity index is 1.15. The van der Waals surface area contributed by atoms with Crippen LogP contribution in [0.25, 0.3) is 10.8 Å². The van der Waals surface area contributed by atoms with Crippen LogP contribution in [-0.2, 0) is 27.7 Å². The molecule has 0 bridgehead atoms. The number of aliphatic carboxylic acids is 1. The van der Waals surface area contributed by atoms with E-state index in [0.717, 1.165) is 33.9 Å². The molecule has 1 atom stereocenters. The molecule has 0 radical (unpaired) electrons. The lowest BCUT2D eigenvalue weighted by atomic mass is 9.88. The third-order valence-corrected chi connectivity index (χ3v) is 10.8. The summed E-state index contributed by atoms with van der Waals surface area (Å²) >= 11 is 0. The molecule has 1 aliphatic rings. The molecule has 12 nitrogen and oxygen atoms in total. The van der Waals surface area contributed by atoms with Gasteiger partial charge in [-0.2, -0.15) is 0 Å². The summed E-state index contributed by atoms with van der Waals surface area (Å²) in [5.74, 6) is -1.88. The number of carboxylic acid groups (broad SMARTS) is 1. The second kappa shape index (κ2) is 14.4. The van der Waals surface area contributed by atoms with Crippen molar-refractivity contribution in [1.29, 1.82) is 5.41 Å². The number of ether oxygens (including phenoxy) is 1. The fourth-order valence-corrected chi connectivity index (χ4v) is 7.88. The minimum atomic E-state index is -4.13. The smallest absolute Gasteiger partial charge is 0.326 e. The van der Waals surface area contributed by atoms with Gasteiger partial charge in [0.1, 0.15) is 23.0 Å². The van der Waals surface area contributed by atoms with Gasteiger partial charge in [0.05, 0.1) is 4.90 Å². The highest BCUT2D eigenvalue weighted by Crippen LogP contribution is 2.42. The molecule has 1 aliphatic heterocycles. The molecule has 0 aliphatic carbocycles. The van der Waals surface area contributed by atoms with E-state index in [1.165, 1.54) is 6.07 Å². The number of carboxylic acids is 1. The minimum absolute atomic E-state index is 0.0371. The van der Waals surface area contributed by atoms with Crippen molar-refractivity contribution < 1.29 is 27.9 Å². The molecule has 0 spiro atoms. The Labute approximate surface area is 291 Å². The molecule has 264 valence electrons. The second-order valence-electron chi connectivity index (χ2n) is 13.4. The molecule has 13 heteroatoms. The Morgan fingerprint density at radius 2 is 1.74 bits per heavy atom. The molecule has 50 heavy (non-hydrogen) atoms. The van der Waals surface area contributed by atoms with E-state index in [1.54, 1.807) is 19.9 Å². The van der Waals surface area contributed by atoms with Crippen LogP contribution in [0.15, 0.2) is 64.3 Å². The van der Waals surface area contributed by atoms with E-state index in [0.29, 0.717) is 35.4 Å². The van der Waals surface area contributed by atoms with Crippen molar-refractivity contribution in [2.24, 2.45) is 0 Å². The average Bonchev–Trinajstić information content (AvgIpc) is 3.04. The fraction of sp³-hybridized carbons (Fsp3) is 0.351. The highest BCUT2D eigenvalue weighted by atomic mass is 32.2. The van der Waals surface area contributed by atoms with Crippen molar-refractivity contribution in [1.82, 2.24) is 20.3 Å². The van der Waals surface area contributed by atoms with Crippen molar-refractivity contribution in [2.75, 3.05) is 6.54 Å². The molecule has 0 unspecified atom stereocenters. The molecule has 1 amide bonds. The van der Waals surface area contributed by atoms with Gasteiger partial charge in [-0.25, -0.2) is 17.9 Å². The Morgan fingerprint density at radius 3 is 2.44 bits per heavy atom. The zero-order valence-corrected chi connectivity index (χ0v) is 29.6. The maximum Gasteiger partial charge on any atom is 0.326 e. The van der Waals surface area contributed by atoms with Crippen molar-refractivity contribution >= 4 is 38.6 Å². The van der Waals surface area contributed by atoms with Crippen molar-refractivity contribution in [3.63, 3.8) is 0 Å². The van der Waals surface area contributed by atoms with Crippen LogP contribution in [0, 0.1) is 26.2 Å². The average molecular weight is 702 g/mol. The number of H-pyrrole nitrogens is 1. The number of nitrogens with one attached hydrogen (secondary N) is 5. The van der Waals surface area contributed by atoms with Gasteiger partial charge >= 0.3 is 5.97 Å². The molecule has 0 fully saturated rings. The van der Waals surface area contributed by atoms with Gasteiger partial charge in [-0.1, -0.05) is 42.5 Å². The van der Waals surface area contributed by atoms with Gasteiger partial charge in [0.25, 0.3) is 21.5 Å². The lowest BCUT2D eigenvalue weighted by molar-refractivity contribution is -0.139. The zero-order chi connectivity index (χ0) is 36.4. The summed E-state index contributed by atoms with van der Waals surface area (Å²) in [6, 6.07) is 15.6. The quantitative estimate of drug-likeness (QED) is 0.0742. The van der Waals surface area contributed by atoms with Crippen molar-refractivity contribution in [3.8, 4) is 5.75 Å². The molecule has 6 N–H and O–H groups in total. The van der Waals surface area contributed by atoms with Crippen LogP contribution in [0.2, 0.25) is 0 Å². The minimum Gasteiger partial charge on any atom is -0.487 e. The highest BCUT2D eigenvalue weighted by molar-refractivity contribution is 7.90. The summed E-state index contributed by atoms with van der Waals surface area (Å²) in [7, 11) is -4.13. The SMILES string of the molecule is Cc1c(C)c(S(=O)(=O)NC(=N)NCCC[C@H](NC(=O)c2ccc(Cc3ccc4ccccc4c3)[nH]c2=O)C(=O)O)c(C)c2c1OC(C)(C)CC2. The maximum absolute atomic E-state index is 13.4. The number of rotatable bonds is 11. The molecule has 1 aromatic heterocycles. The Hall–Kier alpha value is -5.17. The topological polar surface area (TPSA) is 191 Å². The molecular formula is C37H43N5O7S. The van der Waals surface area contributed by atoms with Gasteiger partial charge in [0.2, 0.25) is 5.96 Å². The van der Waals surface area contributed by atoms with Crippen molar-refractivity contribution in [2.45, 2.75) is 83.3 Å². The van der Waals surface area contributed by atoms with Gasteiger partial charge in [-0.05, 0) is 111 Å². The Morgan fingerprint density at radius 1 is 1.02 bits per heavy atom. The Bertz CT molecular complexity index is 2160. The lowest BCUT2D eigenvalue weighted by Crippen LogP contribution is -2.44. The molecule has 4 aromatic rings. The molecular weight excluding hydrogens is 659 g/mol. The predicted octanol–water partition coefficient (Wildman–Crippen LogP) is 4.61. The normalized spacial score (nSPS) is 14.3. The van der Waals surface area contributed by atoms with E-state index in [4.69, 9.17) is 10.1 Å². The van der Waals surface area contributed by atoms with Crippen molar-refractivity contribution in [3.05, 3.63) is 104 Å². The lowest BCUT2D eigenvalue weighted by Gasteiger charge is -2.35. The number of guanidine groups is 1. The molecule has 5 rings (SSSR count). The highest BCUT2D eigenvalue weighted by Gasteiger charge is 2.33. The summed E-state index contributed by atoms with van der Waals surface area (Å²) < 4.78 is 35.4. The summed E-state index contributed by atoms with van der Waals surface area (Å²) in [5, 5.41) is 25.2. The monoisotopic (exact) mass is 701 g/mol. The summed E-state index contributed by atoms with van der Waals surface area (Å²) in [6.45, 7) is 9.34. The van der Waals surface area contributed by atoms with Crippen LogP contribution in [-0.4, -0.2) is 54.5 Å². The van der Waals surface area contributed by atoms with Crippen LogP contribution < -0.4 is 25.7 Å². The van der Waals surface area contributed by atoms with Gasteiger partial charge in [0, 0.05) is 18.7 Å². The summed E-state index contributed by atoms with van der Waals surface area (Å²) in [6.07, 6.45) is 1.98. The molecule has 0 saturated carbocycles. The fourth-order valence-electron chi connectivity index (χ4n) is 6.35. The Kier molecular flexibility index (Phi) is 10.4. The van der Waals surface area contributed by atoms with Crippen LogP contribution in [0.1, 0.15) is 77.0 Å². The van der Waals surface area contributed by atoms with E-state index in [9.17, 15) is 27.9 Å². The number of carbonyl (C=O) groups is 2. The number of benzene rings is 3. The number of amides is 1. The molecule has 0 saturated heterocycles. The van der Waals surface area contributed by atoms with E-state index in [2.05, 4.69) is 20.3 Å². The van der Waals surface area contributed by atoms with Gasteiger partial charge in [-0.15, -0.1) is 0 Å². The van der Waals surface area contributed by atoms with Gasteiger partial charge in [-0.3, -0.25) is 15.0 Å². The second-order valence-corrected chi connectivity index (χ2v) is 15.0. The van der Waals surface area contributed by atoms with E-state index in [1.807, 2.05) is 63.2 Å². The maximum atomic E-state index is 13.4. The van der Waals surface area contributed by atoms with Gasteiger partial charge in [0.15, 0.2) is 0 Å². The zero-order valence-electron chi connectivity index (χ0n) is 28.8. The molecule has 3 aromatic carbocycles. The first-order valence-electron chi connectivity index (χ1n) is 16.5. The standard InChI is InChI=1S/C37H43N5O7S/c1-21-22(2)32(23(3)28-16-17-37(4,5)49-31(21)28)50(47,48)42-36(38)39-18-8-11-30(35(45)46)41-34(44)29-15-14-27(40-33(29)43)20-24-12-13-25-9-6-7-10-26(25)19-24/h6-7,9-10,12-15,19,30H,8,11,16-18,20H2,1-5H3,(H,40,43)(H,41,44)(H,45,46)(H3,38,39,42)/t30-/m0/s1. The predicted molar refractivity (Wildman–Crippen MR) is 192 cm³/mol. The number of hydrogen-bond donors (Lipinski definition) is 6. The first-order chi connectivity index (χ1) is 23.6. The third-order valence-electron chi connectivity index (χ3n) is 9.17. The molecule has 2 heterocycles. The van der Waals surface area contributed by atoms with Crippen LogP contribution in [0.3, 0.4) is 0 Å². The summed E-state index contributed by atoms with van der Waals surface area (Å²) in [4.78, 5) is 40.4. The number of sulfonamides is 1. The summed E-state index contributed by atoms with van der Waals surface area (Å²) in [5.41, 5.74) is 3.07. The number of carbonyl (C=O) groups excluding carboxylic acids is 1. The van der Waals surface area contributed by atoms with E-state index >= 15 is 0 Å². The largest absolute Gasteiger partial charge is 0.487 e. The first-order valence-corrected chi connectivity index (χ1v) is 17.9. The number of aromatic nitrogens is 1. The van der Waals surface area contributed by atoms with Gasteiger partial charge < -0.3 is 25.5 Å². The number of pyridine rings is 1. The number of fused-ring (bicyclic) bond motifs is 2. The van der Waals surface area contributed by atoms with E-state index < -0.39 is 39.5 Å². The first kappa shape index (κ1) is 36.1. The van der Waals surface area contributed by atoms with Crippen LogP contribution >= 0.6 is 0 Å². The van der Waals surface area contributed by atoms with Crippen LogP contribution in [0.4, 0.5) is 0 Å².